The molecule has 1 unspecified atom stereocenters. The van der Waals surface area contributed by atoms with Crippen molar-refractivity contribution in [1.29, 1.82) is 0 Å². The third kappa shape index (κ3) is 2.83. The summed E-state index contributed by atoms with van der Waals surface area (Å²) in [6.45, 7) is 0.630. The van der Waals surface area contributed by atoms with Gasteiger partial charge in [0.05, 0.1) is 13.2 Å². The molecule has 1 atom stereocenters. The molecule has 1 N–H and O–H groups in total. The molecule has 0 saturated carbocycles. The first-order valence-electron chi connectivity index (χ1n) is 8.05. The number of aliphatic hydroxyl groups is 1. The molecule has 2 aromatic rings. The molecule has 0 bridgehead atoms. The van der Waals surface area contributed by atoms with Crippen molar-refractivity contribution in [3.8, 4) is 5.75 Å². The van der Waals surface area contributed by atoms with E-state index in [9.17, 15) is 5.11 Å². The van der Waals surface area contributed by atoms with Crippen molar-refractivity contribution >= 4 is 10.8 Å². The van der Waals surface area contributed by atoms with Crippen molar-refractivity contribution in [2.75, 3.05) is 27.7 Å². The van der Waals surface area contributed by atoms with E-state index in [4.69, 9.17) is 4.74 Å². The number of ether oxygens (including phenoxy) is 1. The quantitative estimate of drug-likeness (QED) is 0.940. The predicted octanol–water partition coefficient (Wildman–Crippen LogP) is 3.32. The van der Waals surface area contributed by atoms with Gasteiger partial charge in [0.1, 0.15) is 5.75 Å². The minimum Gasteiger partial charge on any atom is -0.497 e. The minimum absolute atomic E-state index is 0.475. The second-order valence-electron chi connectivity index (χ2n) is 6.50. The molecule has 0 amide bonds. The van der Waals surface area contributed by atoms with Crippen LogP contribution in [-0.2, 0) is 12.8 Å². The van der Waals surface area contributed by atoms with E-state index < -0.39 is 6.10 Å². The highest BCUT2D eigenvalue weighted by Gasteiger charge is 2.20. The number of hydrogen-bond acceptors (Lipinski definition) is 3. The average molecular weight is 299 g/mol. The number of hydrogen-bond donors (Lipinski definition) is 1. The molecular weight excluding hydrogens is 274 g/mol. The van der Waals surface area contributed by atoms with Crippen LogP contribution in [0.2, 0.25) is 0 Å². The molecule has 0 aromatic heterocycles. The number of likely N-dealkylation sites (N-methyl/N-ethyl adjacent to an activating group) is 1. The van der Waals surface area contributed by atoms with Gasteiger partial charge in [-0.25, -0.2) is 0 Å². The van der Waals surface area contributed by atoms with E-state index in [1.54, 1.807) is 7.11 Å². The van der Waals surface area contributed by atoms with Crippen LogP contribution >= 0.6 is 0 Å². The highest BCUT2D eigenvalue weighted by Crippen LogP contribution is 2.36. The predicted molar refractivity (Wildman–Crippen MR) is 90.7 cm³/mol. The van der Waals surface area contributed by atoms with Crippen LogP contribution in [0.25, 0.3) is 10.8 Å². The van der Waals surface area contributed by atoms with E-state index in [1.807, 2.05) is 25.1 Å². The summed E-state index contributed by atoms with van der Waals surface area (Å²) < 4.78 is 5.39. The molecular formula is C19H25NO2. The summed E-state index contributed by atoms with van der Waals surface area (Å²) >= 11 is 0. The van der Waals surface area contributed by atoms with E-state index in [-0.39, 0.29) is 0 Å². The zero-order chi connectivity index (χ0) is 15.7. The lowest BCUT2D eigenvalue weighted by molar-refractivity contribution is 0.139. The molecule has 0 saturated heterocycles. The normalized spacial score (nSPS) is 15.9. The van der Waals surface area contributed by atoms with Crippen molar-refractivity contribution in [2.24, 2.45) is 0 Å². The monoisotopic (exact) mass is 299 g/mol. The van der Waals surface area contributed by atoms with Gasteiger partial charge in [-0.1, -0.05) is 12.1 Å². The topological polar surface area (TPSA) is 32.7 Å². The van der Waals surface area contributed by atoms with Crippen molar-refractivity contribution in [2.45, 2.75) is 31.8 Å². The molecule has 118 valence electrons. The van der Waals surface area contributed by atoms with Crippen molar-refractivity contribution in [3.63, 3.8) is 0 Å². The summed E-state index contributed by atoms with van der Waals surface area (Å²) in [5.41, 5.74) is 3.91. The van der Waals surface area contributed by atoms with Crippen LogP contribution in [0.4, 0.5) is 0 Å². The molecule has 1 aliphatic carbocycles. The Bertz CT molecular complexity index is 679. The Morgan fingerprint density at radius 3 is 2.64 bits per heavy atom. The van der Waals surface area contributed by atoms with Gasteiger partial charge in [-0.05, 0) is 79.4 Å². The van der Waals surface area contributed by atoms with Gasteiger partial charge in [-0.2, -0.15) is 0 Å². The molecule has 0 heterocycles. The summed E-state index contributed by atoms with van der Waals surface area (Å²) in [5.74, 6) is 0.849. The van der Waals surface area contributed by atoms with E-state index in [0.29, 0.717) is 6.54 Å². The molecule has 3 rings (SSSR count). The van der Waals surface area contributed by atoms with Gasteiger partial charge in [-0.3, -0.25) is 0 Å². The third-order valence-electron chi connectivity index (χ3n) is 4.60. The Morgan fingerprint density at radius 2 is 1.91 bits per heavy atom. The van der Waals surface area contributed by atoms with E-state index in [0.717, 1.165) is 29.5 Å². The smallest absolute Gasteiger partial charge is 0.119 e. The summed E-state index contributed by atoms with van der Waals surface area (Å²) in [6.07, 6.45) is 4.30. The number of fused-ring (bicyclic) bond motifs is 3. The second kappa shape index (κ2) is 6.27. The van der Waals surface area contributed by atoms with Crippen LogP contribution in [0.3, 0.4) is 0 Å². The molecule has 3 heteroatoms. The van der Waals surface area contributed by atoms with Crippen molar-refractivity contribution < 1.29 is 9.84 Å². The number of aryl methyl sites for hydroxylation is 2. The highest BCUT2D eigenvalue weighted by molar-refractivity contribution is 5.91. The van der Waals surface area contributed by atoms with Crippen LogP contribution in [0.1, 0.15) is 35.6 Å². The maximum atomic E-state index is 10.7. The fourth-order valence-electron chi connectivity index (χ4n) is 3.53. The van der Waals surface area contributed by atoms with Crippen LogP contribution in [-0.4, -0.2) is 37.8 Å². The SMILES string of the molecule is COc1ccc2c3c(cc(C(O)CN(C)C)c2c1)CCCC3. The van der Waals surface area contributed by atoms with Crippen LogP contribution < -0.4 is 4.74 Å². The largest absolute Gasteiger partial charge is 0.497 e. The van der Waals surface area contributed by atoms with Crippen molar-refractivity contribution in [3.05, 3.63) is 41.0 Å². The molecule has 2 aromatic carbocycles. The molecule has 3 nitrogen and oxygen atoms in total. The van der Waals surface area contributed by atoms with Gasteiger partial charge >= 0.3 is 0 Å². The lowest BCUT2D eigenvalue weighted by Gasteiger charge is -2.24. The summed E-state index contributed by atoms with van der Waals surface area (Å²) in [7, 11) is 5.67. The second-order valence-corrected chi connectivity index (χ2v) is 6.50. The number of aliphatic hydroxyl groups excluding tert-OH is 1. The fraction of sp³-hybridized carbons (Fsp3) is 0.474. The molecule has 0 fully saturated rings. The first-order chi connectivity index (χ1) is 10.6. The fourth-order valence-corrected chi connectivity index (χ4v) is 3.53. The minimum atomic E-state index is -0.475. The van der Waals surface area contributed by atoms with Crippen LogP contribution in [0, 0.1) is 0 Å². The number of rotatable bonds is 4. The van der Waals surface area contributed by atoms with E-state index in [1.165, 1.54) is 29.4 Å². The van der Waals surface area contributed by atoms with E-state index >= 15 is 0 Å². The molecule has 0 spiro atoms. The molecule has 0 radical (unpaired) electrons. The Hall–Kier alpha value is -1.58. The standard InChI is InChI=1S/C19H25NO2/c1-20(2)12-19(21)18-10-13-6-4-5-7-15(13)16-9-8-14(22-3)11-17(16)18/h8-11,19,21H,4-7,12H2,1-3H3. The Morgan fingerprint density at radius 1 is 1.14 bits per heavy atom. The van der Waals surface area contributed by atoms with E-state index in [2.05, 4.69) is 18.2 Å². The summed E-state index contributed by atoms with van der Waals surface area (Å²) in [5, 5.41) is 13.1. The Kier molecular flexibility index (Phi) is 4.37. The molecule has 1 aliphatic rings. The summed E-state index contributed by atoms with van der Waals surface area (Å²) in [4.78, 5) is 2.02. The highest BCUT2D eigenvalue weighted by atomic mass is 16.5. The summed E-state index contributed by atoms with van der Waals surface area (Å²) in [6, 6.07) is 8.48. The molecule has 0 aliphatic heterocycles. The number of nitrogens with zero attached hydrogens (tertiary/aromatic N) is 1. The zero-order valence-corrected chi connectivity index (χ0v) is 13.7. The Labute approximate surface area is 132 Å². The van der Waals surface area contributed by atoms with Gasteiger partial charge in [0.25, 0.3) is 0 Å². The third-order valence-corrected chi connectivity index (χ3v) is 4.60. The number of benzene rings is 2. The van der Waals surface area contributed by atoms with Gasteiger partial charge in [-0.15, -0.1) is 0 Å². The average Bonchev–Trinajstić information content (AvgIpc) is 2.52. The maximum absolute atomic E-state index is 10.7. The first kappa shape index (κ1) is 15.3. The Balaban J connectivity index is 2.20. The molecule has 22 heavy (non-hydrogen) atoms. The van der Waals surface area contributed by atoms with Gasteiger partial charge in [0, 0.05) is 6.54 Å². The van der Waals surface area contributed by atoms with Gasteiger partial charge < -0.3 is 14.7 Å². The lowest BCUT2D eigenvalue weighted by Crippen LogP contribution is -2.20. The maximum Gasteiger partial charge on any atom is 0.119 e. The lowest BCUT2D eigenvalue weighted by atomic mass is 9.84. The number of methoxy groups -OCH3 is 1. The first-order valence-corrected chi connectivity index (χ1v) is 8.05. The van der Waals surface area contributed by atoms with Crippen LogP contribution in [0.5, 0.6) is 5.75 Å². The zero-order valence-electron chi connectivity index (χ0n) is 13.7. The van der Waals surface area contributed by atoms with Crippen LogP contribution in [0.15, 0.2) is 24.3 Å². The van der Waals surface area contributed by atoms with Gasteiger partial charge in [0.15, 0.2) is 0 Å². The van der Waals surface area contributed by atoms with Crippen molar-refractivity contribution in [1.82, 2.24) is 4.90 Å². The van der Waals surface area contributed by atoms with Gasteiger partial charge in [0.2, 0.25) is 0 Å².